The highest BCUT2D eigenvalue weighted by atomic mass is 16.2. The number of nitrogens with one attached hydrogen (secondary N) is 3. The molecule has 1 aliphatic carbocycles. The maximum atomic E-state index is 12.9. The number of nitrogens with zero attached hydrogens (tertiary/aromatic N) is 3. The summed E-state index contributed by atoms with van der Waals surface area (Å²) in [5.41, 5.74) is 8.68. The third-order valence-corrected chi connectivity index (χ3v) is 9.78. The third kappa shape index (κ3) is 7.03. The lowest BCUT2D eigenvalue weighted by Crippen LogP contribution is -2.33. The summed E-state index contributed by atoms with van der Waals surface area (Å²) < 4.78 is 2.06. The Kier molecular flexibility index (Phi) is 9.20. The molecule has 0 saturated carbocycles. The van der Waals surface area contributed by atoms with Crippen molar-refractivity contribution in [2.75, 3.05) is 36.8 Å². The topological polar surface area (TPSA) is 91.3 Å². The summed E-state index contributed by atoms with van der Waals surface area (Å²) in [6, 6.07) is 24.2. The lowest BCUT2D eigenvalue weighted by molar-refractivity contribution is -0.124. The van der Waals surface area contributed by atoms with Crippen molar-refractivity contribution >= 4 is 45.0 Å². The number of unbranched alkanes of at least 4 members (excludes halogenated alkanes) is 1. The summed E-state index contributed by atoms with van der Waals surface area (Å²) in [6.07, 6.45) is 9.44. The van der Waals surface area contributed by atoms with E-state index in [1.165, 1.54) is 35.2 Å². The predicted octanol–water partition coefficient (Wildman–Crippen LogP) is 6.69. The second-order valence-corrected chi connectivity index (χ2v) is 13.1. The van der Waals surface area contributed by atoms with Crippen molar-refractivity contribution in [1.29, 1.82) is 0 Å². The Morgan fingerprint density at radius 3 is 2.66 bits per heavy atom. The van der Waals surface area contributed by atoms with E-state index in [9.17, 15) is 9.59 Å². The molecule has 47 heavy (non-hydrogen) atoms. The van der Waals surface area contributed by atoms with Gasteiger partial charge < -0.3 is 20.5 Å². The highest BCUT2D eigenvalue weighted by Crippen LogP contribution is 2.33. The normalized spacial score (nSPS) is 16.3. The average molecular weight is 629 g/mol. The van der Waals surface area contributed by atoms with Crippen molar-refractivity contribution in [2.45, 2.75) is 51.5 Å². The van der Waals surface area contributed by atoms with Gasteiger partial charge in [-0.15, -0.1) is 0 Å². The molecule has 3 heterocycles. The number of carbonyl (C=O) groups excluding carboxylic acids is 2. The molecule has 3 aromatic carbocycles. The maximum absolute atomic E-state index is 12.9. The fourth-order valence-corrected chi connectivity index (χ4v) is 7.17. The fraction of sp³-hybridized carbons (Fsp3) is 0.359. The highest BCUT2D eigenvalue weighted by Gasteiger charge is 2.28. The van der Waals surface area contributed by atoms with E-state index in [4.69, 9.17) is 4.98 Å². The molecule has 0 bridgehead atoms. The Bertz CT molecular complexity index is 1900. The molecule has 5 aromatic rings. The Balaban J connectivity index is 0.830. The minimum absolute atomic E-state index is 0.0230. The monoisotopic (exact) mass is 628 g/mol. The van der Waals surface area contributed by atoms with Crippen LogP contribution in [-0.4, -0.2) is 52.4 Å². The van der Waals surface area contributed by atoms with Gasteiger partial charge in [-0.25, -0.2) is 0 Å². The zero-order chi connectivity index (χ0) is 32.2. The first-order chi connectivity index (χ1) is 23.0. The second kappa shape index (κ2) is 14.0. The van der Waals surface area contributed by atoms with Gasteiger partial charge in [-0.05, 0) is 105 Å². The minimum atomic E-state index is -0.120. The van der Waals surface area contributed by atoms with Gasteiger partial charge in [0.05, 0.1) is 11.4 Å². The molecule has 1 atom stereocenters. The van der Waals surface area contributed by atoms with Gasteiger partial charge in [0.15, 0.2) is 0 Å². The van der Waals surface area contributed by atoms with Crippen LogP contribution in [-0.2, 0) is 31.2 Å². The zero-order valence-corrected chi connectivity index (χ0v) is 27.2. The average Bonchev–Trinajstić information content (AvgIpc) is 3.72. The summed E-state index contributed by atoms with van der Waals surface area (Å²) in [6.45, 7) is 4.02. The summed E-state index contributed by atoms with van der Waals surface area (Å²) in [4.78, 5) is 33.1. The van der Waals surface area contributed by atoms with Crippen LogP contribution in [0.3, 0.4) is 0 Å². The van der Waals surface area contributed by atoms with Crippen LogP contribution < -0.4 is 16.0 Å². The number of benzene rings is 3. The predicted molar refractivity (Wildman–Crippen MR) is 190 cm³/mol. The molecule has 242 valence electrons. The molecule has 1 fully saturated rings. The zero-order valence-electron chi connectivity index (χ0n) is 27.2. The molecule has 2 amide bonds. The van der Waals surface area contributed by atoms with E-state index in [1.807, 2.05) is 61.8 Å². The molecular weight excluding hydrogens is 584 g/mol. The van der Waals surface area contributed by atoms with Crippen LogP contribution in [0.25, 0.3) is 21.8 Å². The van der Waals surface area contributed by atoms with Gasteiger partial charge in [0.2, 0.25) is 5.91 Å². The second-order valence-electron chi connectivity index (χ2n) is 13.1. The van der Waals surface area contributed by atoms with E-state index in [2.05, 4.69) is 49.7 Å². The van der Waals surface area contributed by atoms with Crippen molar-refractivity contribution in [1.82, 2.24) is 19.8 Å². The molecule has 2 aliphatic rings. The lowest BCUT2D eigenvalue weighted by Gasteiger charge is -2.21. The van der Waals surface area contributed by atoms with Gasteiger partial charge in [-0.1, -0.05) is 30.3 Å². The fourth-order valence-electron chi connectivity index (χ4n) is 7.17. The lowest BCUT2D eigenvalue weighted by atomic mass is 9.92. The van der Waals surface area contributed by atoms with Crippen molar-refractivity contribution < 1.29 is 9.59 Å². The summed E-state index contributed by atoms with van der Waals surface area (Å²) >= 11 is 0. The first kappa shape index (κ1) is 30.9. The Labute approximate surface area is 276 Å². The Morgan fingerprint density at radius 1 is 0.936 bits per heavy atom. The van der Waals surface area contributed by atoms with E-state index >= 15 is 0 Å². The van der Waals surface area contributed by atoms with Crippen molar-refractivity contribution in [3.63, 3.8) is 0 Å². The molecule has 0 radical (unpaired) electrons. The summed E-state index contributed by atoms with van der Waals surface area (Å²) in [5, 5.41) is 12.2. The number of aryl methyl sites for hydroxylation is 2. The van der Waals surface area contributed by atoms with Crippen LogP contribution in [0.1, 0.15) is 59.3 Å². The van der Waals surface area contributed by atoms with Crippen molar-refractivity contribution in [3.05, 3.63) is 101 Å². The molecule has 8 heteroatoms. The van der Waals surface area contributed by atoms with E-state index in [1.54, 1.807) is 0 Å². The van der Waals surface area contributed by atoms with Gasteiger partial charge >= 0.3 is 0 Å². The first-order valence-corrected chi connectivity index (χ1v) is 17.1. The van der Waals surface area contributed by atoms with Crippen molar-refractivity contribution in [3.8, 4) is 0 Å². The molecule has 1 aliphatic heterocycles. The molecule has 1 unspecified atom stereocenters. The minimum Gasteiger partial charge on any atom is -0.384 e. The number of amides is 2. The van der Waals surface area contributed by atoms with Crippen LogP contribution in [0, 0.1) is 5.92 Å². The third-order valence-electron chi connectivity index (χ3n) is 9.78. The van der Waals surface area contributed by atoms with Gasteiger partial charge in [-0.3, -0.25) is 19.5 Å². The summed E-state index contributed by atoms with van der Waals surface area (Å²) in [5.74, 6) is 0.0653. The standard InChI is InChI=1S/C39H44N6O2/c1-44-22-18-29-24-31(16-17-36(29)44)42-39(47)28-14-12-27(13-15-28)25-45-23-19-30(26-45)38(46)41-21-7-6-20-40-37-32-8-2-4-10-34(32)43-35-11-5-3-9-33(35)37/h2,4,8,10,12-18,22,24,30H,3,5-7,9,11,19-21,23,25-26H2,1H3,(H,40,43)(H,41,46)(H,42,47). The first-order valence-electron chi connectivity index (χ1n) is 17.1. The number of rotatable bonds is 11. The number of aromatic nitrogens is 2. The van der Waals surface area contributed by atoms with E-state index < -0.39 is 0 Å². The number of carbonyl (C=O) groups is 2. The quantitative estimate of drug-likeness (QED) is 0.142. The molecule has 1 saturated heterocycles. The number of para-hydroxylation sites is 1. The van der Waals surface area contributed by atoms with Crippen LogP contribution in [0.4, 0.5) is 11.4 Å². The highest BCUT2D eigenvalue weighted by molar-refractivity contribution is 6.05. The van der Waals surface area contributed by atoms with Crippen molar-refractivity contribution in [2.24, 2.45) is 13.0 Å². The largest absolute Gasteiger partial charge is 0.384 e. The number of likely N-dealkylation sites (tertiary alicyclic amines) is 1. The smallest absolute Gasteiger partial charge is 0.255 e. The maximum Gasteiger partial charge on any atom is 0.255 e. The summed E-state index contributed by atoms with van der Waals surface area (Å²) in [7, 11) is 2.01. The van der Waals surface area contributed by atoms with Gasteiger partial charge in [0.25, 0.3) is 5.91 Å². The number of hydrogen-bond acceptors (Lipinski definition) is 5. The number of hydrogen-bond donors (Lipinski definition) is 3. The van der Waals surface area contributed by atoms with Gasteiger partial charge in [0.1, 0.15) is 0 Å². The van der Waals surface area contributed by atoms with E-state index in [0.717, 1.165) is 86.0 Å². The van der Waals surface area contributed by atoms with Gasteiger partial charge in [-0.2, -0.15) is 0 Å². The number of pyridine rings is 1. The number of fused-ring (bicyclic) bond motifs is 3. The Hall–Kier alpha value is -4.69. The molecule has 8 nitrogen and oxygen atoms in total. The van der Waals surface area contributed by atoms with E-state index in [-0.39, 0.29) is 17.7 Å². The van der Waals surface area contributed by atoms with Crippen LogP contribution >= 0.6 is 0 Å². The van der Waals surface area contributed by atoms with Crippen LogP contribution in [0.15, 0.2) is 79.0 Å². The molecule has 7 rings (SSSR count). The molecular formula is C39H44N6O2. The van der Waals surface area contributed by atoms with Gasteiger partial charge in [0, 0.05) is 78.3 Å². The SMILES string of the molecule is Cn1ccc2cc(NC(=O)c3ccc(CN4CCC(C(=O)NCCCCNc5c6c(nc7ccccc57)CCCC6)C4)cc3)ccc21. The number of anilines is 2. The Morgan fingerprint density at radius 2 is 1.77 bits per heavy atom. The van der Waals surface area contributed by atoms with Crippen LogP contribution in [0.2, 0.25) is 0 Å². The van der Waals surface area contributed by atoms with Crippen LogP contribution in [0.5, 0.6) is 0 Å². The molecule has 0 spiro atoms. The molecule has 3 N–H and O–H groups in total. The molecule has 2 aromatic heterocycles. The van der Waals surface area contributed by atoms with E-state index in [0.29, 0.717) is 12.1 Å².